The number of H-pyrrole nitrogens is 1. The summed E-state index contributed by atoms with van der Waals surface area (Å²) in [6.07, 6.45) is 2.76. The number of anilines is 4. The first-order valence-electron chi connectivity index (χ1n) is 8.01. The number of hydrogen-bond acceptors (Lipinski definition) is 8. The molecule has 0 bridgehead atoms. The van der Waals surface area contributed by atoms with E-state index in [4.69, 9.17) is 15.5 Å². The normalized spacial score (nSPS) is 13.2. The van der Waals surface area contributed by atoms with Crippen molar-refractivity contribution >= 4 is 33.9 Å². The van der Waals surface area contributed by atoms with Crippen molar-refractivity contribution in [3.8, 4) is 11.3 Å². The van der Waals surface area contributed by atoms with Crippen LogP contribution in [0.4, 0.5) is 22.6 Å². The van der Waals surface area contributed by atoms with E-state index in [1.165, 1.54) is 4.88 Å². The maximum absolute atomic E-state index is 5.74. The van der Waals surface area contributed by atoms with Crippen LogP contribution in [0.3, 0.4) is 0 Å². The first kappa shape index (κ1) is 15.9. The van der Waals surface area contributed by atoms with Gasteiger partial charge in [-0.25, -0.2) is 9.97 Å². The minimum atomic E-state index is 0.481. The molecule has 0 saturated heterocycles. The van der Waals surface area contributed by atoms with Crippen LogP contribution in [0.2, 0.25) is 0 Å². The van der Waals surface area contributed by atoms with Gasteiger partial charge >= 0.3 is 0 Å². The van der Waals surface area contributed by atoms with Crippen molar-refractivity contribution in [1.82, 2.24) is 20.2 Å². The molecule has 25 heavy (non-hydrogen) atoms. The van der Waals surface area contributed by atoms with E-state index in [1.807, 2.05) is 18.3 Å². The predicted molar refractivity (Wildman–Crippen MR) is 99.4 cm³/mol. The van der Waals surface area contributed by atoms with Crippen LogP contribution in [0.15, 0.2) is 24.4 Å². The number of nitrogens with zero attached hydrogens (tertiary/aromatic N) is 4. The standard InChI is InChI=1S/C16H19N7OS/c1-24-8-7-23-6-5-11-14(10-9-18-22-15(10)23)21-16(25-11)20-13-4-2-3-12(17)19-13/h2-4,9H,5-8H2,1H3,(H,18,22)(H3,17,19,20,21). The summed E-state index contributed by atoms with van der Waals surface area (Å²) < 4.78 is 5.21. The lowest BCUT2D eigenvalue weighted by molar-refractivity contribution is 0.205. The van der Waals surface area contributed by atoms with E-state index >= 15 is 0 Å². The van der Waals surface area contributed by atoms with Crippen LogP contribution in [0.25, 0.3) is 11.3 Å². The highest BCUT2D eigenvalue weighted by atomic mass is 32.1. The van der Waals surface area contributed by atoms with E-state index in [0.29, 0.717) is 18.2 Å². The third-order valence-corrected chi connectivity index (χ3v) is 5.10. The molecule has 4 N–H and O–H groups in total. The molecule has 0 unspecified atom stereocenters. The maximum atomic E-state index is 5.74. The third-order valence-electron chi connectivity index (χ3n) is 4.07. The Labute approximate surface area is 149 Å². The van der Waals surface area contributed by atoms with Crippen LogP contribution in [-0.2, 0) is 11.2 Å². The van der Waals surface area contributed by atoms with Gasteiger partial charge in [-0.3, -0.25) is 5.10 Å². The minimum absolute atomic E-state index is 0.481. The molecule has 130 valence electrons. The van der Waals surface area contributed by atoms with Crippen LogP contribution < -0.4 is 16.0 Å². The summed E-state index contributed by atoms with van der Waals surface area (Å²) in [5.74, 6) is 2.17. The van der Waals surface area contributed by atoms with Gasteiger partial charge in [0.2, 0.25) is 0 Å². The summed E-state index contributed by atoms with van der Waals surface area (Å²) in [5, 5.41) is 11.4. The molecule has 0 spiro atoms. The number of aromatic nitrogens is 4. The maximum Gasteiger partial charge on any atom is 0.189 e. The smallest absolute Gasteiger partial charge is 0.189 e. The van der Waals surface area contributed by atoms with Crippen molar-refractivity contribution in [3.63, 3.8) is 0 Å². The van der Waals surface area contributed by atoms with E-state index in [2.05, 4.69) is 25.4 Å². The zero-order valence-electron chi connectivity index (χ0n) is 13.8. The molecule has 0 atom stereocenters. The average molecular weight is 357 g/mol. The number of hydrogen-bond donors (Lipinski definition) is 3. The second-order valence-electron chi connectivity index (χ2n) is 5.73. The lowest BCUT2D eigenvalue weighted by atomic mass is 10.2. The van der Waals surface area contributed by atoms with Gasteiger partial charge in [-0.05, 0) is 12.1 Å². The lowest BCUT2D eigenvalue weighted by Gasteiger charge is -2.21. The highest BCUT2D eigenvalue weighted by Gasteiger charge is 2.25. The minimum Gasteiger partial charge on any atom is -0.384 e. The predicted octanol–water partition coefficient (Wildman–Crippen LogP) is 2.26. The molecule has 4 heterocycles. The number of nitrogens with one attached hydrogen (secondary N) is 2. The van der Waals surface area contributed by atoms with Gasteiger partial charge in [0.1, 0.15) is 17.5 Å². The second-order valence-corrected chi connectivity index (χ2v) is 6.81. The van der Waals surface area contributed by atoms with E-state index in [-0.39, 0.29) is 0 Å². The van der Waals surface area contributed by atoms with Crippen molar-refractivity contribution in [3.05, 3.63) is 29.3 Å². The molecular formula is C16H19N7OS. The summed E-state index contributed by atoms with van der Waals surface area (Å²) in [7, 11) is 1.71. The van der Waals surface area contributed by atoms with Crippen LogP contribution in [0.5, 0.6) is 0 Å². The molecule has 9 heteroatoms. The SMILES string of the molecule is COCCN1CCc2sc(Nc3cccc(N)n3)nc2-c2cn[nH]c21. The van der Waals surface area contributed by atoms with Gasteiger partial charge in [0.15, 0.2) is 5.13 Å². The largest absolute Gasteiger partial charge is 0.384 e. The first-order valence-corrected chi connectivity index (χ1v) is 8.83. The highest BCUT2D eigenvalue weighted by Crippen LogP contribution is 2.39. The molecule has 0 aromatic carbocycles. The lowest BCUT2D eigenvalue weighted by Crippen LogP contribution is -2.29. The molecule has 0 fully saturated rings. The van der Waals surface area contributed by atoms with Crippen molar-refractivity contribution < 1.29 is 4.74 Å². The van der Waals surface area contributed by atoms with Crippen molar-refractivity contribution in [1.29, 1.82) is 0 Å². The zero-order chi connectivity index (χ0) is 17.2. The molecule has 1 aliphatic heterocycles. The fourth-order valence-electron chi connectivity index (χ4n) is 2.88. The molecular weight excluding hydrogens is 338 g/mol. The van der Waals surface area contributed by atoms with Crippen LogP contribution in [-0.4, -0.2) is 47.0 Å². The van der Waals surface area contributed by atoms with E-state index in [0.717, 1.165) is 41.7 Å². The Kier molecular flexibility index (Phi) is 4.24. The van der Waals surface area contributed by atoms with E-state index in [9.17, 15) is 0 Å². The molecule has 0 amide bonds. The number of thiazole rings is 1. The summed E-state index contributed by atoms with van der Waals surface area (Å²) in [6.45, 7) is 2.39. The van der Waals surface area contributed by atoms with Crippen LogP contribution >= 0.6 is 11.3 Å². The molecule has 3 aromatic heterocycles. The van der Waals surface area contributed by atoms with Gasteiger partial charge < -0.3 is 20.7 Å². The number of methoxy groups -OCH3 is 1. The Bertz CT molecular complexity index is 875. The first-order chi connectivity index (χ1) is 12.2. The van der Waals surface area contributed by atoms with Gasteiger partial charge in [0.05, 0.1) is 24.1 Å². The highest BCUT2D eigenvalue weighted by molar-refractivity contribution is 7.16. The number of nitrogens with two attached hydrogens (primary N) is 1. The summed E-state index contributed by atoms with van der Waals surface area (Å²) >= 11 is 1.64. The topological polar surface area (TPSA) is 105 Å². The average Bonchev–Trinajstić information content (AvgIpc) is 3.19. The van der Waals surface area contributed by atoms with Crippen molar-refractivity contribution in [2.45, 2.75) is 6.42 Å². The van der Waals surface area contributed by atoms with Gasteiger partial charge in [0.25, 0.3) is 0 Å². The van der Waals surface area contributed by atoms with E-state index < -0.39 is 0 Å². The van der Waals surface area contributed by atoms with Crippen molar-refractivity contribution in [2.75, 3.05) is 42.8 Å². The fraction of sp³-hybridized carbons (Fsp3) is 0.312. The third kappa shape index (κ3) is 3.15. The number of ether oxygens (including phenoxy) is 1. The molecule has 4 rings (SSSR count). The van der Waals surface area contributed by atoms with Crippen LogP contribution in [0.1, 0.15) is 4.88 Å². The summed E-state index contributed by atoms with van der Waals surface area (Å²) in [4.78, 5) is 12.5. The Balaban J connectivity index is 1.63. The van der Waals surface area contributed by atoms with E-state index in [1.54, 1.807) is 24.5 Å². The molecule has 0 aliphatic carbocycles. The monoisotopic (exact) mass is 357 g/mol. The number of pyridine rings is 1. The molecule has 0 radical (unpaired) electrons. The second kappa shape index (κ2) is 6.69. The Morgan fingerprint density at radius 2 is 2.32 bits per heavy atom. The van der Waals surface area contributed by atoms with Gasteiger partial charge in [-0.2, -0.15) is 5.10 Å². The number of nitrogen functional groups attached to an aromatic ring is 1. The Hall–Kier alpha value is -2.65. The Morgan fingerprint density at radius 3 is 3.16 bits per heavy atom. The summed E-state index contributed by atoms with van der Waals surface area (Å²) in [6, 6.07) is 5.50. The fourth-order valence-corrected chi connectivity index (χ4v) is 3.85. The Morgan fingerprint density at radius 1 is 1.40 bits per heavy atom. The molecule has 1 aliphatic rings. The molecule has 8 nitrogen and oxygen atoms in total. The number of fused-ring (bicyclic) bond motifs is 3. The van der Waals surface area contributed by atoms with Gasteiger partial charge in [0, 0.05) is 31.5 Å². The van der Waals surface area contributed by atoms with Gasteiger partial charge in [-0.1, -0.05) is 6.07 Å². The number of rotatable bonds is 5. The quantitative estimate of drug-likeness (QED) is 0.643. The zero-order valence-corrected chi connectivity index (χ0v) is 14.6. The molecule has 0 saturated carbocycles. The van der Waals surface area contributed by atoms with Crippen LogP contribution in [0, 0.1) is 0 Å². The molecule has 3 aromatic rings. The summed E-state index contributed by atoms with van der Waals surface area (Å²) in [5.41, 5.74) is 7.73. The van der Waals surface area contributed by atoms with Crippen molar-refractivity contribution in [2.24, 2.45) is 0 Å². The van der Waals surface area contributed by atoms with Gasteiger partial charge in [-0.15, -0.1) is 11.3 Å². The number of aromatic amines is 1.